The van der Waals surface area contributed by atoms with Crippen LogP contribution in [0, 0.1) is 0 Å². The summed E-state index contributed by atoms with van der Waals surface area (Å²) in [5, 5.41) is 30.6. The number of aliphatic hydroxyl groups excluding tert-OH is 2. The minimum Gasteiger partial charge on any atom is -0.394 e. The first-order valence-electron chi connectivity index (χ1n) is 5.04. The van der Waals surface area contributed by atoms with Gasteiger partial charge in [0.05, 0.1) is 18.9 Å². The molecule has 0 aliphatic heterocycles. The normalized spacial score (nSPS) is 12.6. The first-order valence-corrected chi connectivity index (χ1v) is 5.04. The molecule has 1 unspecified atom stereocenters. The number of hydrogen-bond donors (Lipinski definition) is 3. The average Bonchev–Trinajstić information content (AvgIpc) is 2.35. The van der Waals surface area contributed by atoms with Gasteiger partial charge in [0.1, 0.15) is 0 Å². The van der Waals surface area contributed by atoms with E-state index in [1.165, 1.54) is 0 Å². The lowest BCUT2D eigenvalue weighted by Gasteiger charge is -2.10. The van der Waals surface area contributed by atoms with Gasteiger partial charge in [-0.3, -0.25) is 0 Å². The molecule has 0 saturated carbocycles. The lowest BCUT2D eigenvalue weighted by atomic mass is 10.2. The number of fused-ring (bicyclic) bond motifs is 1. The first kappa shape index (κ1) is 10.8. The molecule has 0 aliphatic carbocycles. The van der Waals surface area contributed by atoms with E-state index >= 15 is 0 Å². The van der Waals surface area contributed by atoms with Gasteiger partial charge in [-0.15, -0.1) is 5.10 Å². The topological polar surface area (TPSA) is 78.3 Å². The summed E-state index contributed by atoms with van der Waals surface area (Å²) in [6.45, 7) is -0.0234. The van der Waals surface area contributed by atoms with Crippen molar-refractivity contribution in [2.45, 2.75) is 6.10 Å². The number of benzene rings is 1. The highest BCUT2D eigenvalue weighted by atomic mass is 16.3. The average molecular weight is 219 g/mol. The van der Waals surface area contributed by atoms with Crippen molar-refractivity contribution in [2.75, 3.05) is 18.5 Å². The maximum atomic E-state index is 9.23. The van der Waals surface area contributed by atoms with Crippen LogP contribution in [0.5, 0.6) is 0 Å². The van der Waals surface area contributed by atoms with E-state index in [2.05, 4.69) is 15.5 Å². The molecule has 2 aromatic rings. The predicted molar refractivity (Wildman–Crippen MR) is 61.1 cm³/mol. The Bertz CT molecular complexity index is 470. The molecule has 3 N–H and O–H groups in total. The Morgan fingerprint density at radius 3 is 2.94 bits per heavy atom. The molecule has 0 saturated heterocycles. The summed E-state index contributed by atoms with van der Waals surface area (Å²) in [4.78, 5) is 0. The molecule has 1 aromatic carbocycles. The number of nitrogens with one attached hydrogen (secondary N) is 1. The molecule has 1 heterocycles. The summed E-state index contributed by atoms with van der Waals surface area (Å²) in [6.07, 6.45) is 0.893. The molecule has 0 aliphatic rings. The van der Waals surface area contributed by atoms with Gasteiger partial charge in [0.15, 0.2) is 5.82 Å². The van der Waals surface area contributed by atoms with E-state index in [-0.39, 0.29) is 13.2 Å². The summed E-state index contributed by atoms with van der Waals surface area (Å²) in [5.41, 5.74) is 0. The predicted octanol–water partition coefficient (Wildman–Crippen LogP) is 0.395. The van der Waals surface area contributed by atoms with Gasteiger partial charge in [0, 0.05) is 17.3 Å². The highest BCUT2D eigenvalue weighted by molar-refractivity contribution is 5.90. The lowest BCUT2D eigenvalue weighted by molar-refractivity contribution is 0.105. The fraction of sp³-hybridized carbons (Fsp3) is 0.273. The standard InChI is InChI=1S/C11H13N3O2/c15-7-9(16)6-12-11-10-4-2-1-3-8(10)5-13-14-11/h1-5,9,15-16H,6-7H2,(H,12,14). The van der Waals surface area contributed by atoms with Gasteiger partial charge in [0.25, 0.3) is 0 Å². The monoisotopic (exact) mass is 219 g/mol. The van der Waals surface area contributed by atoms with E-state index in [0.717, 1.165) is 10.8 Å². The molecule has 0 amide bonds. The van der Waals surface area contributed by atoms with Crippen molar-refractivity contribution in [2.24, 2.45) is 0 Å². The van der Waals surface area contributed by atoms with E-state index in [4.69, 9.17) is 5.11 Å². The molecule has 0 bridgehead atoms. The van der Waals surface area contributed by atoms with E-state index in [1.54, 1.807) is 6.20 Å². The van der Waals surface area contributed by atoms with Crippen LogP contribution in [0.15, 0.2) is 30.5 Å². The van der Waals surface area contributed by atoms with Crippen LogP contribution in [0.1, 0.15) is 0 Å². The molecule has 0 spiro atoms. The van der Waals surface area contributed by atoms with E-state index < -0.39 is 6.10 Å². The van der Waals surface area contributed by atoms with Crippen molar-refractivity contribution >= 4 is 16.6 Å². The summed E-state index contributed by atoms with van der Waals surface area (Å²) in [7, 11) is 0. The minimum atomic E-state index is -0.791. The number of aliphatic hydroxyl groups is 2. The Balaban J connectivity index is 2.23. The van der Waals surface area contributed by atoms with Crippen LogP contribution in [0.2, 0.25) is 0 Å². The number of hydrogen-bond acceptors (Lipinski definition) is 5. The molecular formula is C11H13N3O2. The minimum absolute atomic E-state index is 0.249. The highest BCUT2D eigenvalue weighted by Crippen LogP contribution is 2.18. The van der Waals surface area contributed by atoms with Crippen LogP contribution in [0.25, 0.3) is 10.8 Å². The Hall–Kier alpha value is -1.72. The fourth-order valence-corrected chi connectivity index (χ4v) is 1.44. The van der Waals surface area contributed by atoms with Crippen molar-refractivity contribution in [3.8, 4) is 0 Å². The van der Waals surface area contributed by atoms with Crippen LogP contribution >= 0.6 is 0 Å². The molecular weight excluding hydrogens is 206 g/mol. The van der Waals surface area contributed by atoms with Crippen LogP contribution in [0.4, 0.5) is 5.82 Å². The van der Waals surface area contributed by atoms with Crippen LogP contribution in [-0.2, 0) is 0 Å². The molecule has 1 atom stereocenters. The van der Waals surface area contributed by atoms with Gasteiger partial charge in [-0.2, -0.15) is 5.10 Å². The van der Waals surface area contributed by atoms with Crippen molar-refractivity contribution in [1.29, 1.82) is 0 Å². The third-order valence-electron chi connectivity index (χ3n) is 2.29. The summed E-state index contributed by atoms with van der Waals surface area (Å²) < 4.78 is 0. The third-order valence-corrected chi connectivity index (χ3v) is 2.29. The van der Waals surface area contributed by atoms with Crippen LogP contribution < -0.4 is 5.32 Å². The molecule has 0 radical (unpaired) electrons. The summed E-state index contributed by atoms with van der Waals surface area (Å²) >= 11 is 0. The number of rotatable bonds is 4. The lowest BCUT2D eigenvalue weighted by Crippen LogP contribution is -2.23. The van der Waals surface area contributed by atoms with Crippen molar-refractivity contribution in [3.05, 3.63) is 30.5 Å². The Labute approximate surface area is 92.8 Å². The van der Waals surface area contributed by atoms with Crippen molar-refractivity contribution in [3.63, 3.8) is 0 Å². The molecule has 2 rings (SSSR count). The van der Waals surface area contributed by atoms with Gasteiger partial charge in [-0.25, -0.2) is 0 Å². The highest BCUT2D eigenvalue weighted by Gasteiger charge is 2.05. The van der Waals surface area contributed by atoms with Gasteiger partial charge in [-0.05, 0) is 0 Å². The smallest absolute Gasteiger partial charge is 0.156 e. The summed E-state index contributed by atoms with van der Waals surface area (Å²) in [6, 6.07) is 7.71. The van der Waals surface area contributed by atoms with Gasteiger partial charge < -0.3 is 15.5 Å². The fourth-order valence-electron chi connectivity index (χ4n) is 1.44. The second kappa shape index (κ2) is 4.87. The Morgan fingerprint density at radius 1 is 1.31 bits per heavy atom. The third kappa shape index (κ3) is 2.26. The van der Waals surface area contributed by atoms with Crippen molar-refractivity contribution < 1.29 is 10.2 Å². The van der Waals surface area contributed by atoms with E-state index in [1.807, 2.05) is 24.3 Å². The maximum absolute atomic E-state index is 9.23. The number of nitrogens with zero attached hydrogens (tertiary/aromatic N) is 2. The zero-order valence-electron chi connectivity index (χ0n) is 8.67. The summed E-state index contributed by atoms with van der Waals surface area (Å²) in [5.74, 6) is 0.616. The van der Waals surface area contributed by atoms with Crippen LogP contribution in [0.3, 0.4) is 0 Å². The zero-order chi connectivity index (χ0) is 11.4. The maximum Gasteiger partial charge on any atom is 0.156 e. The molecule has 0 fully saturated rings. The van der Waals surface area contributed by atoms with Gasteiger partial charge >= 0.3 is 0 Å². The Morgan fingerprint density at radius 2 is 2.12 bits per heavy atom. The van der Waals surface area contributed by atoms with Gasteiger partial charge in [-0.1, -0.05) is 24.3 Å². The molecule has 5 nitrogen and oxygen atoms in total. The molecule has 1 aromatic heterocycles. The second-order valence-electron chi connectivity index (χ2n) is 3.50. The van der Waals surface area contributed by atoms with Gasteiger partial charge in [0.2, 0.25) is 0 Å². The van der Waals surface area contributed by atoms with E-state index in [9.17, 15) is 5.11 Å². The SMILES string of the molecule is OCC(O)CNc1nncc2ccccc12. The van der Waals surface area contributed by atoms with E-state index in [0.29, 0.717) is 5.82 Å². The molecule has 5 heteroatoms. The quantitative estimate of drug-likeness (QED) is 0.693. The zero-order valence-corrected chi connectivity index (χ0v) is 8.67. The second-order valence-corrected chi connectivity index (χ2v) is 3.50. The number of aromatic nitrogens is 2. The van der Waals surface area contributed by atoms with Crippen LogP contribution in [-0.4, -0.2) is 39.7 Å². The molecule has 16 heavy (non-hydrogen) atoms. The Kier molecular flexibility index (Phi) is 3.28. The largest absolute Gasteiger partial charge is 0.394 e. The van der Waals surface area contributed by atoms with Crippen molar-refractivity contribution in [1.82, 2.24) is 10.2 Å². The first-order chi connectivity index (χ1) is 7.81. The number of anilines is 1. The molecule has 84 valence electrons.